The van der Waals surface area contributed by atoms with Crippen molar-refractivity contribution in [3.63, 3.8) is 0 Å². The Morgan fingerprint density at radius 1 is 1.42 bits per heavy atom. The fraction of sp³-hybridized carbons (Fsp3) is 0.400. The summed E-state index contributed by atoms with van der Waals surface area (Å²) in [6.07, 6.45) is 2.83. The number of aromatic nitrogens is 1. The molecule has 0 radical (unpaired) electrons. The summed E-state index contributed by atoms with van der Waals surface area (Å²) in [5, 5.41) is 4.80. The number of nitrogens with zero attached hydrogens (tertiary/aromatic N) is 2. The number of morpholine rings is 1. The highest BCUT2D eigenvalue weighted by Crippen LogP contribution is 2.11. The SMILES string of the molecule is O=C(COc1coc(CN2CCOCC2)cc1=O)Nc1nccs1. The number of thiazole rings is 1. The molecule has 3 rings (SSSR count). The number of rotatable bonds is 6. The lowest BCUT2D eigenvalue weighted by Gasteiger charge is -2.25. The van der Waals surface area contributed by atoms with Crippen molar-refractivity contribution >= 4 is 22.4 Å². The fourth-order valence-electron chi connectivity index (χ4n) is 2.19. The van der Waals surface area contributed by atoms with E-state index in [0.717, 1.165) is 13.1 Å². The molecule has 1 fully saturated rings. The van der Waals surface area contributed by atoms with Crippen molar-refractivity contribution in [2.24, 2.45) is 0 Å². The van der Waals surface area contributed by atoms with E-state index in [1.165, 1.54) is 23.7 Å². The lowest BCUT2D eigenvalue weighted by molar-refractivity contribution is -0.118. The van der Waals surface area contributed by atoms with Gasteiger partial charge in [-0.15, -0.1) is 11.3 Å². The molecule has 0 aliphatic carbocycles. The van der Waals surface area contributed by atoms with Gasteiger partial charge in [0.2, 0.25) is 11.2 Å². The minimum absolute atomic E-state index is 0.00927. The molecule has 1 saturated heterocycles. The molecule has 0 unspecified atom stereocenters. The van der Waals surface area contributed by atoms with E-state index in [2.05, 4.69) is 15.2 Å². The average molecular weight is 351 g/mol. The monoisotopic (exact) mass is 351 g/mol. The molecule has 8 nitrogen and oxygen atoms in total. The highest BCUT2D eigenvalue weighted by Gasteiger charge is 2.14. The fourth-order valence-corrected chi connectivity index (χ4v) is 2.74. The van der Waals surface area contributed by atoms with E-state index in [9.17, 15) is 9.59 Å². The van der Waals surface area contributed by atoms with Crippen molar-refractivity contribution < 1.29 is 18.7 Å². The van der Waals surface area contributed by atoms with Crippen LogP contribution in [0, 0.1) is 0 Å². The summed E-state index contributed by atoms with van der Waals surface area (Å²) >= 11 is 1.30. The molecule has 128 valence electrons. The third kappa shape index (κ3) is 4.63. The second-order valence-electron chi connectivity index (χ2n) is 5.14. The van der Waals surface area contributed by atoms with Gasteiger partial charge in [0, 0.05) is 30.7 Å². The van der Waals surface area contributed by atoms with Crippen LogP contribution in [0.3, 0.4) is 0 Å². The highest BCUT2D eigenvalue weighted by molar-refractivity contribution is 7.13. The van der Waals surface area contributed by atoms with E-state index in [1.807, 2.05) is 0 Å². The molecule has 9 heteroatoms. The van der Waals surface area contributed by atoms with E-state index >= 15 is 0 Å². The molecule has 3 heterocycles. The quantitative estimate of drug-likeness (QED) is 0.828. The zero-order valence-corrected chi connectivity index (χ0v) is 13.7. The Morgan fingerprint density at radius 3 is 2.96 bits per heavy atom. The Balaban J connectivity index is 1.52. The first kappa shape index (κ1) is 16.6. The predicted molar refractivity (Wildman–Crippen MR) is 87.3 cm³/mol. The van der Waals surface area contributed by atoms with Gasteiger partial charge in [-0.05, 0) is 0 Å². The first-order chi connectivity index (χ1) is 11.7. The Kier molecular flexibility index (Phi) is 5.57. The Morgan fingerprint density at radius 2 is 2.25 bits per heavy atom. The van der Waals surface area contributed by atoms with Crippen molar-refractivity contribution in [1.82, 2.24) is 9.88 Å². The van der Waals surface area contributed by atoms with E-state index in [4.69, 9.17) is 13.9 Å². The number of nitrogens with one attached hydrogen (secondary N) is 1. The average Bonchev–Trinajstić information content (AvgIpc) is 3.08. The standard InChI is InChI=1S/C15H17N3O5S/c19-12-7-11(8-18-2-4-21-5-3-18)22-9-13(12)23-10-14(20)17-15-16-1-6-24-15/h1,6-7,9H,2-5,8,10H2,(H,16,17,20). The van der Waals surface area contributed by atoms with Gasteiger partial charge in [-0.1, -0.05) is 0 Å². The Labute approximate surface area is 142 Å². The first-order valence-electron chi connectivity index (χ1n) is 7.45. The van der Waals surface area contributed by atoms with E-state index in [-0.39, 0.29) is 23.7 Å². The van der Waals surface area contributed by atoms with Gasteiger partial charge in [0.25, 0.3) is 5.91 Å². The minimum Gasteiger partial charge on any atom is -0.477 e. The van der Waals surface area contributed by atoms with Crippen LogP contribution in [0.25, 0.3) is 0 Å². The summed E-state index contributed by atoms with van der Waals surface area (Å²) in [7, 11) is 0. The first-order valence-corrected chi connectivity index (χ1v) is 8.32. The van der Waals surface area contributed by atoms with Crippen LogP contribution >= 0.6 is 11.3 Å². The van der Waals surface area contributed by atoms with Crippen molar-refractivity contribution in [2.45, 2.75) is 6.54 Å². The number of carbonyl (C=O) groups is 1. The van der Waals surface area contributed by atoms with E-state index in [0.29, 0.717) is 30.7 Å². The summed E-state index contributed by atoms with van der Waals surface area (Å²) in [5.41, 5.74) is -0.313. The van der Waals surface area contributed by atoms with Crippen LogP contribution in [0.15, 0.2) is 33.1 Å². The van der Waals surface area contributed by atoms with Gasteiger partial charge in [0.05, 0.1) is 19.8 Å². The van der Waals surface area contributed by atoms with Crippen molar-refractivity contribution in [2.75, 3.05) is 38.2 Å². The molecule has 1 aliphatic heterocycles. The number of amides is 1. The smallest absolute Gasteiger partial charge is 0.264 e. The second-order valence-corrected chi connectivity index (χ2v) is 6.03. The molecule has 0 saturated carbocycles. The molecule has 24 heavy (non-hydrogen) atoms. The third-order valence-corrected chi connectivity index (χ3v) is 4.06. The molecule has 2 aromatic heterocycles. The maximum Gasteiger partial charge on any atom is 0.264 e. The van der Waals surface area contributed by atoms with Crippen molar-refractivity contribution in [3.8, 4) is 5.75 Å². The van der Waals surface area contributed by atoms with Crippen LogP contribution in [-0.2, 0) is 16.1 Å². The van der Waals surface area contributed by atoms with Gasteiger partial charge < -0.3 is 13.9 Å². The summed E-state index contributed by atoms with van der Waals surface area (Å²) < 4.78 is 15.9. The molecule has 1 N–H and O–H groups in total. The van der Waals surface area contributed by atoms with Gasteiger partial charge in [0.15, 0.2) is 11.7 Å². The number of anilines is 1. The van der Waals surface area contributed by atoms with Crippen LogP contribution in [0.5, 0.6) is 5.75 Å². The summed E-state index contributed by atoms with van der Waals surface area (Å²) in [5.74, 6) is 0.179. The second kappa shape index (κ2) is 8.04. The largest absolute Gasteiger partial charge is 0.477 e. The maximum atomic E-state index is 12.0. The number of hydrogen-bond acceptors (Lipinski definition) is 8. The van der Waals surface area contributed by atoms with Crippen LogP contribution in [0.2, 0.25) is 0 Å². The topological polar surface area (TPSA) is 93.9 Å². The zero-order chi connectivity index (χ0) is 16.8. The van der Waals surface area contributed by atoms with Crippen molar-refractivity contribution in [1.29, 1.82) is 0 Å². The molecule has 0 bridgehead atoms. The predicted octanol–water partition coefficient (Wildman–Crippen LogP) is 0.946. The maximum absolute atomic E-state index is 12.0. The molecular weight excluding hydrogens is 334 g/mol. The molecule has 2 aromatic rings. The van der Waals surface area contributed by atoms with Crippen LogP contribution in [-0.4, -0.2) is 48.7 Å². The molecular formula is C15H17N3O5S. The molecule has 0 aromatic carbocycles. The molecule has 1 aliphatic rings. The van der Waals surface area contributed by atoms with Crippen LogP contribution in [0.1, 0.15) is 5.76 Å². The highest BCUT2D eigenvalue weighted by atomic mass is 32.1. The molecule has 1 amide bonds. The molecule has 0 spiro atoms. The van der Waals surface area contributed by atoms with Crippen molar-refractivity contribution in [3.05, 3.63) is 39.9 Å². The van der Waals surface area contributed by atoms with Crippen LogP contribution in [0.4, 0.5) is 5.13 Å². The van der Waals surface area contributed by atoms with Gasteiger partial charge in [-0.3, -0.25) is 19.8 Å². The van der Waals surface area contributed by atoms with E-state index in [1.54, 1.807) is 11.6 Å². The van der Waals surface area contributed by atoms with Crippen LogP contribution < -0.4 is 15.5 Å². The minimum atomic E-state index is -0.387. The van der Waals surface area contributed by atoms with Gasteiger partial charge in [0.1, 0.15) is 12.0 Å². The normalized spacial score (nSPS) is 15.2. The number of hydrogen-bond donors (Lipinski definition) is 1. The third-order valence-electron chi connectivity index (χ3n) is 3.37. The lowest BCUT2D eigenvalue weighted by atomic mass is 10.3. The lowest BCUT2D eigenvalue weighted by Crippen LogP contribution is -2.35. The van der Waals surface area contributed by atoms with Gasteiger partial charge in [-0.2, -0.15) is 0 Å². The Hall–Kier alpha value is -2.23. The Bertz CT molecular complexity index is 725. The summed E-state index contributed by atoms with van der Waals surface area (Å²) in [6.45, 7) is 3.23. The van der Waals surface area contributed by atoms with Gasteiger partial charge >= 0.3 is 0 Å². The van der Waals surface area contributed by atoms with Gasteiger partial charge in [-0.25, -0.2) is 4.98 Å². The number of ether oxygens (including phenoxy) is 2. The van der Waals surface area contributed by atoms with E-state index < -0.39 is 0 Å². The summed E-state index contributed by atoms with van der Waals surface area (Å²) in [4.78, 5) is 29.8. The number of carbonyl (C=O) groups excluding carboxylic acids is 1. The molecule has 0 atom stereocenters. The summed E-state index contributed by atoms with van der Waals surface area (Å²) in [6, 6.07) is 1.39. The zero-order valence-electron chi connectivity index (χ0n) is 12.9.